The minimum absolute atomic E-state index is 0.0848. The van der Waals surface area contributed by atoms with Gasteiger partial charge < -0.3 is 0 Å². The standard InChI is InChI=1S/C10H14O/c1-2-3-4-6-9-7-5-8-10(9)11/h4-7,9H,2-3,8H2,1H3. The first-order chi connectivity index (χ1) is 5.34. The Labute approximate surface area is 67.8 Å². The van der Waals surface area contributed by atoms with Crippen molar-refractivity contribution in [3.63, 3.8) is 0 Å². The van der Waals surface area contributed by atoms with E-state index in [-0.39, 0.29) is 5.92 Å². The Morgan fingerprint density at radius 2 is 2.55 bits per heavy atom. The summed E-state index contributed by atoms with van der Waals surface area (Å²) in [5.74, 6) is 0.416. The SMILES string of the molecule is CCCC=CC1C=CCC1=O. The number of ketones is 1. The van der Waals surface area contributed by atoms with Gasteiger partial charge in [-0.25, -0.2) is 0 Å². The third kappa shape index (κ3) is 2.34. The van der Waals surface area contributed by atoms with E-state index in [2.05, 4.69) is 13.0 Å². The molecule has 0 bridgehead atoms. The predicted molar refractivity (Wildman–Crippen MR) is 46.3 cm³/mol. The molecule has 1 aliphatic rings. The highest BCUT2D eigenvalue weighted by molar-refractivity contribution is 5.88. The zero-order chi connectivity index (χ0) is 8.10. The molecule has 0 heterocycles. The van der Waals surface area contributed by atoms with E-state index in [0.29, 0.717) is 12.2 Å². The van der Waals surface area contributed by atoms with E-state index in [1.165, 1.54) is 0 Å². The molecular weight excluding hydrogens is 136 g/mol. The summed E-state index contributed by atoms with van der Waals surface area (Å²) in [6, 6.07) is 0. The molecule has 0 aromatic carbocycles. The van der Waals surface area contributed by atoms with Crippen molar-refractivity contribution in [2.24, 2.45) is 5.92 Å². The number of allylic oxidation sites excluding steroid dienone is 4. The van der Waals surface area contributed by atoms with Gasteiger partial charge in [-0.2, -0.15) is 0 Å². The lowest BCUT2D eigenvalue weighted by atomic mass is 10.1. The van der Waals surface area contributed by atoms with Gasteiger partial charge in [0.2, 0.25) is 0 Å². The van der Waals surface area contributed by atoms with Gasteiger partial charge in [0.15, 0.2) is 0 Å². The van der Waals surface area contributed by atoms with Crippen molar-refractivity contribution in [3.05, 3.63) is 24.3 Å². The number of hydrogen-bond donors (Lipinski definition) is 0. The predicted octanol–water partition coefficient (Wildman–Crippen LogP) is 2.49. The van der Waals surface area contributed by atoms with Crippen LogP contribution in [0.4, 0.5) is 0 Å². The molecule has 0 aromatic heterocycles. The first kappa shape index (κ1) is 8.25. The van der Waals surface area contributed by atoms with Crippen LogP contribution < -0.4 is 0 Å². The lowest BCUT2D eigenvalue weighted by molar-refractivity contribution is -0.118. The molecule has 1 heteroatoms. The van der Waals surface area contributed by atoms with E-state index in [4.69, 9.17) is 0 Å². The molecule has 60 valence electrons. The van der Waals surface area contributed by atoms with Crippen LogP contribution in [0.15, 0.2) is 24.3 Å². The van der Waals surface area contributed by atoms with Crippen LogP contribution in [0.3, 0.4) is 0 Å². The maximum absolute atomic E-state index is 11.1. The molecular formula is C10H14O. The minimum Gasteiger partial charge on any atom is -0.298 e. The number of hydrogen-bond acceptors (Lipinski definition) is 1. The number of unbranched alkanes of at least 4 members (excludes halogenated alkanes) is 1. The maximum Gasteiger partial charge on any atom is 0.147 e. The lowest BCUT2D eigenvalue weighted by Gasteiger charge is -1.96. The van der Waals surface area contributed by atoms with Crippen LogP contribution >= 0.6 is 0 Å². The second kappa shape index (κ2) is 4.12. The minimum atomic E-state index is 0.0848. The third-order valence-electron chi connectivity index (χ3n) is 1.83. The Hall–Kier alpha value is -0.850. The summed E-state index contributed by atoms with van der Waals surface area (Å²) in [5, 5.41) is 0. The molecule has 0 aromatic rings. The van der Waals surface area contributed by atoms with E-state index < -0.39 is 0 Å². The van der Waals surface area contributed by atoms with Crippen LogP contribution in [0.25, 0.3) is 0 Å². The zero-order valence-corrected chi connectivity index (χ0v) is 6.92. The van der Waals surface area contributed by atoms with Gasteiger partial charge in [-0.1, -0.05) is 37.6 Å². The fourth-order valence-electron chi connectivity index (χ4n) is 1.16. The average Bonchev–Trinajstić information content (AvgIpc) is 2.37. The monoisotopic (exact) mass is 150 g/mol. The van der Waals surface area contributed by atoms with Gasteiger partial charge >= 0.3 is 0 Å². The second-order valence-electron chi connectivity index (χ2n) is 2.84. The Kier molecular flexibility index (Phi) is 3.09. The van der Waals surface area contributed by atoms with Gasteiger partial charge in [0.1, 0.15) is 5.78 Å². The summed E-state index contributed by atoms with van der Waals surface area (Å²) in [6.07, 6.45) is 10.9. The Morgan fingerprint density at radius 1 is 1.73 bits per heavy atom. The summed E-state index contributed by atoms with van der Waals surface area (Å²) in [6.45, 7) is 2.14. The molecule has 0 amide bonds. The molecule has 1 unspecified atom stereocenters. The van der Waals surface area contributed by atoms with Gasteiger partial charge in [-0.3, -0.25) is 4.79 Å². The highest BCUT2D eigenvalue weighted by atomic mass is 16.1. The summed E-state index contributed by atoms with van der Waals surface area (Å²) in [5.41, 5.74) is 0. The number of rotatable bonds is 3. The van der Waals surface area contributed by atoms with E-state index in [9.17, 15) is 4.79 Å². The molecule has 0 saturated carbocycles. The largest absolute Gasteiger partial charge is 0.298 e. The van der Waals surface area contributed by atoms with Gasteiger partial charge in [0, 0.05) is 6.42 Å². The van der Waals surface area contributed by atoms with Gasteiger partial charge in [0.25, 0.3) is 0 Å². The molecule has 0 fully saturated rings. The third-order valence-corrected chi connectivity index (χ3v) is 1.83. The van der Waals surface area contributed by atoms with E-state index in [1.807, 2.05) is 18.2 Å². The summed E-state index contributed by atoms with van der Waals surface area (Å²) in [4.78, 5) is 11.1. The molecule has 1 rings (SSSR count). The normalized spacial score (nSPS) is 23.7. The molecule has 0 N–H and O–H groups in total. The van der Waals surface area contributed by atoms with Crippen molar-refractivity contribution in [2.75, 3.05) is 0 Å². The fourth-order valence-corrected chi connectivity index (χ4v) is 1.16. The van der Waals surface area contributed by atoms with Crippen molar-refractivity contribution in [3.8, 4) is 0 Å². The van der Waals surface area contributed by atoms with Crippen LogP contribution in [0, 0.1) is 5.92 Å². The molecule has 1 atom stereocenters. The highest BCUT2D eigenvalue weighted by Gasteiger charge is 2.14. The number of carbonyl (C=O) groups is 1. The molecule has 1 aliphatic carbocycles. The quantitative estimate of drug-likeness (QED) is 0.565. The Balaban J connectivity index is 2.36. The molecule has 0 aliphatic heterocycles. The van der Waals surface area contributed by atoms with Crippen LogP contribution in [0.2, 0.25) is 0 Å². The summed E-state index contributed by atoms with van der Waals surface area (Å²) in [7, 11) is 0. The number of Topliss-reactive ketones (excluding diaryl/α,β-unsaturated/α-hetero) is 1. The van der Waals surface area contributed by atoms with Crippen LogP contribution in [0.5, 0.6) is 0 Å². The first-order valence-corrected chi connectivity index (χ1v) is 4.20. The van der Waals surface area contributed by atoms with Gasteiger partial charge in [0.05, 0.1) is 5.92 Å². The molecule has 0 radical (unpaired) electrons. The highest BCUT2D eigenvalue weighted by Crippen LogP contribution is 2.14. The summed E-state index contributed by atoms with van der Waals surface area (Å²) >= 11 is 0. The lowest BCUT2D eigenvalue weighted by Crippen LogP contribution is -2.01. The summed E-state index contributed by atoms with van der Waals surface area (Å²) < 4.78 is 0. The molecule has 1 nitrogen and oxygen atoms in total. The maximum atomic E-state index is 11.1. The zero-order valence-electron chi connectivity index (χ0n) is 6.92. The van der Waals surface area contributed by atoms with E-state index in [1.54, 1.807) is 0 Å². The molecule has 0 saturated heterocycles. The van der Waals surface area contributed by atoms with Crippen molar-refractivity contribution in [1.82, 2.24) is 0 Å². The number of carbonyl (C=O) groups excluding carboxylic acids is 1. The van der Waals surface area contributed by atoms with Crippen LogP contribution in [-0.4, -0.2) is 5.78 Å². The Bertz CT molecular complexity index is 189. The average molecular weight is 150 g/mol. The van der Waals surface area contributed by atoms with Gasteiger partial charge in [-0.15, -0.1) is 0 Å². The first-order valence-electron chi connectivity index (χ1n) is 4.20. The van der Waals surface area contributed by atoms with Crippen molar-refractivity contribution < 1.29 is 4.79 Å². The van der Waals surface area contributed by atoms with Crippen LogP contribution in [-0.2, 0) is 4.79 Å². The van der Waals surface area contributed by atoms with E-state index in [0.717, 1.165) is 12.8 Å². The van der Waals surface area contributed by atoms with Crippen LogP contribution in [0.1, 0.15) is 26.2 Å². The molecule has 11 heavy (non-hydrogen) atoms. The second-order valence-corrected chi connectivity index (χ2v) is 2.84. The van der Waals surface area contributed by atoms with E-state index >= 15 is 0 Å². The van der Waals surface area contributed by atoms with Crippen molar-refractivity contribution in [2.45, 2.75) is 26.2 Å². The molecule has 0 spiro atoms. The topological polar surface area (TPSA) is 17.1 Å². The van der Waals surface area contributed by atoms with Crippen molar-refractivity contribution in [1.29, 1.82) is 0 Å². The van der Waals surface area contributed by atoms with Gasteiger partial charge in [-0.05, 0) is 6.42 Å². The van der Waals surface area contributed by atoms with Crippen molar-refractivity contribution >= 4 is 5.78 Å². The fraction of sp³-hybridized carbons (Fsp3) is 0.500. The Morgan fingerprint density at radius 3 is 3.09 bits per heavy atom. The smallest absolute Gasteiger partial charge is 0.147 e.